The van der Waals surface area contributed by atoms with Gasteiger partial charge in [-0.05, 0) is 0 Å². The lowest BCUT2D eigenvalue weighted by atomic mass is 9.88. The first-order valence-electron chi connectivity index (χ1n) is 5.76. The lowest BCUT2D eigenvalue weighted by Crippen LogP contribution is -2.31. The van der Waals surface area contributed by atoms with Crippen LogP contribution in [0.1, 0.15) is 37.0 Å². The molecule has 0 N–H and O–H groups in total. The normalized spacial score (nSPS) is 10.3. The molecule has 0 aliphatic heterocycles. The molecular formula is C14H16O3. The van der Waals surface area contributed by atoms with Crippen molar-refractivity contribution in [1.82, 2.24) is 0 Å². The summed E-state index contributed by atoms with van der Waals surface area (Å²) in [6, 6.07) is 8.48. The third kappa shape index (κ3) is 3.09. The van der Waals surface area contributed by atoms with E-state index >= 15 is 0 Å². The molecule has 0 atom stereocenters. The molecule has 17 heavy (non-hydrogen) atoms. The van der Waals surface area contributed by atoms with Crippen LogP contribution < -0.4 is 0 Å². The maximum atomic E-state index is 12.1. The lowest BCUT2D eigenvalue weighted by Gasteiger charge is -2.11. The second kappa shape index (κ2) is 6.09. The van der Waals surface area contributed by atoms with E-state index in [2.05, 4.69) is 0 Å². The number of hydrogen-bond donors (Lipinski definition) is 0. The van der Waals surface area contributed by atoms with Crippen LogP contribution in [0.25, 0.3) is 0 Å². The van der Waals surface area contributed by atoms with Crippen molar-refractivity contribution >= 4 is 17.3 Å². The number of Topliss-reactive ketones (excluding diaryl/α,β-unsaturated/α-hetero) is 3. The molecule has 1 aromatic carbocycles. The van der Waals surface area contributed by atoms with Gasteiger partial charge in [0.1, 0.15) is 5.92 Å². The fraction of sp³-hybridized carbons (Fsp3) is 0.357. The summed E-state index contributed by atoms with van der Waals surface area (Å²) in [5.74, 6) is -2.10. The minimum absolute atomic E-state index is 0.203. The van der Waals surface area contributed by atoms with Crippen molar-refractivity contribution in [3.8, 4) is 0 Å². The number of rotatable bonds is 6. The van der Waals surface area contributed by atoms with Gasteiger partial charge in [-0.3, -0.25) is 14.4 Å². The fourth-order valence-corrected chi connectivity index (χ4v) is 1.65. The number of carbonyl (C=O) groups excluding carboxylic acids is 3. The standard InChI is InChI=1S/C14H16O3/c1-3-11(15)13(12(16)4-2)14(17)10-8-6-5-7-9-10/h5-9,13H,3-4H2,1-2H3. The molecule has 0 saturated heterocycles. The average Bonchev–Trinajstić information content (AvgIpc) is 2.39. The summed E-state index contributed by atoms with van der Waals surface area (Å²) in [4.78, 5) is 35.5. The van der Waals surface area contributed by atoms with Gasteiger partial charge in [-0.2, -0.15) is 0 Å². The molecule has 0 spiro atoms. The maximum Gasteiger partial charge on any atom is 0.180 e. The number of benzene rings is 1. The lowest BCUT2D eigenvalue weighted by molar-refractivity contribution is -0.130. The third-order valence-corrected chi connectivity index (χ3v) is 2.66. The average molecular weight is 232 g/mol. The van der Waals surface area contributed by atoms with Gasteiger partial charge in [0.15, 0.2) is 17.3 Å². The monoisotopic (exact) mass is 232 g/mol. The Morgan fingerprint density at radius 1 is 0.941 bits per heavy atom. The molecule has 3 nitrogen and oxygen atoms in total. The number of ketones is 3. The molecule has 3 heteroatoms. The van der Waals surface area contributed by atoms with Crippen LogP contribution >= 0.6 is 0 Å². The van der Waals surface area contributed by atoms with Crippen molar-refractivity contribution in [3.05, 3.63) is 35.9 Å². The van der Waals surface area contributed by atoms with Gasteiger partial charge in [0.25, 0.3) is 0 Å². The molecule has 0 unspecified atom stereocenters. The SMILES string of the molecule is CCC(=O)C(C(=O)CC)C(=O)c1ccccc1. The van der Waals surface area contributed by atoms with Crippen molar-refractivity contribution in [2.24, 2.45) is 5.92 Å². The van der Waals surface area contributed by atoms with Crippen LogP contribution in [-0.4, -0.2) is 17.3 Å². The Bertz CT molecular complexity index is 404. The molecule has 0 aliphatic rings. The highest BCUT2D eigenvalue weighted by Crippen LogP contribution is 2.14. The quantitative estimate of drug-likeness (QED) is 0.559. The van der Waals surface area contributed by atoms with Crippen LogP contribution in [-0.2, 0) is 9.59 Å². The van der Waals surface area contributed by atoms with Crippen molar-refractivity contribution in [1.29, 1.82) is 0 Å². The zero-order chi connectivity index (χ0) is 12.8. The molecular weight excluding hydrogens is 216 g/mol. The predicted octanol–water partition coefficient (Wildman–Crippen LogP) is 2.44. The van der Waals surface area contributed by atoms with Crippen molar-refractivity contribution in [3.63, 3.8) is 0 Å². The fourth-order valence-electron chi connectivity index (χ4n) is 1.65. The van der Waals surface area contributed by atoms with Crippen LogP contribution in [0, 0.1) is 5.92 Å². The van der Waals surface area contributed by atoms with Crippen molar-refractivity contribution in [2.45, 2.75) is 26.7 Å². The maximum absolute atomic E-state index is 12.1. The van der Waals surface area contributed by atoms with E-state index in [0.29, 0.717) is 5.56 Å². The third-order valence-electron chi connectivity index (χ3n) is 2.66. The second-order valence-electron chi connectivity index (χ2n) is 3.80. The van der Waals surface area contributed by atoms with E-state index in [-0.39, 0.29) is 30.2 Å². The molecule has 0 aliphatic carbocycles. The van der Waals surface area contributed by atoms with E-state index < -0.39 is 5.92 Å². The first kappa shape index (κ1) is 13.3. The minimum Gasteiger partial charge on any atom is -0.298 e. The first-order valence-corrected chi connectivity index (χ1v) is 5.76. The Balaban J connectivity index is 3.03. The van der Waals surface area contributed by atoms with E-state index in [0.717, 1.165) is 0 Å². The van der Waals surface area contributed by atoms with Gasteiger partial charge in [-0.25, -0.2) is 0 Å². The molecule has 1 rings (SSSR count). The van der Waals surface area contributed by atoms with E-state index in [1.165, 1.54) is 0 Å². The summed E-state index contributed by atoms with van der Waals surface area (Å²) < 4.78 is 0. The molecule has 0 amide bonds. The molecule has 0 heterocycles. The van der Waals surface area contributed by atoms with Gasteiger partial charge < -0.3 is 0 Å². The smallest absolute Gasteiger partial charge is 0.180 e. The Kier molecular flexibility index (Phi) is 4.76. The number of hydrogen-bond acceptors (Lipinski definition) is 3. The minimum atomic E-state index is -1.12. The van der Waals surface area contributed by atoms with Gasteiger partial charge in [0.2, 0.25) is 0 Å². The van der Waals surface area contributed by atoms with Crippen LogP contribution in [0.15, 0.2) is 30.3 Å². The Labute approximate surface area is 101 Å². The Hall–Kier alpha value is -1.77. The molecule has 90 valence electrons. The second-order valence-corrected chi connectivity index (χ2v) is 3.80. The van der Waals surface area contributed by atoms with Gasteiger partial charge >= 0.3 is 0 Å². The van der Waals surface area contributed by atoms with Crippen LogP contribution in [0.2, 0.25) is 0 Å². The van der Waals surface area contributed by atoms with E-state index in [4.69, 9.17) is 0 Å². The summed E-state index contributed by atoms with van der Waals surface area (Å²) in [5.41, 5.74) is 0.418. The highest BCUT2D eigenvalue weighted by molar-refractivity contribution is 6.24. The number of carbonyl (C=O) groups is 3. The summed E-state index contributed by atoms with van der Waals surface area (Å²) in [7, 11) is 0. The largest absolute Gasteiger partial charge is 0.298 e. The van der Waals surface area contributed by atoms with Gasteiger partial charge in [0, 0.05) is 18.4 Å². The van der Waals surface area contributed by atoms with Crippen LogP contribution in [0.5, 0.6) is 0 Å². The Morgan fingerprint density at radius 2 is 1.41 bits per heavy atom. The van der Waals surface area contributed by atoms with Crippen LogP contribution in [0.3, 0.4) is 0 Å². The molecule has 0 radical (unpaired) electrons. The summed E-state index contributed by atoms with van der Waals surface area (Å²) in [6.07, 6.45) is 0.407. The predicted molar refractivity (Wildman–Crippen MR) is 64.9 cm³/mol. The van der Waals surface area contributed by atoms with Gasteiger partial charge in [0.05, 0.1) is 0 Å². The summed E-state index contributed by atoms with van der Waals surface area (Å²) in [6.45, 7) is 3.33. The van der Waals surface area contributed by atoms with E-state index in [1.807, 2.05) is 0 Å². The molecule has 1 aromatic rings. The van der Waals surface area contributed by atoms with Crippen LogP contribution in [0.4, 0.5) is 0 Å². The molecule has 0 saturated carbocycles. The topological polar surface area (TPSA) is 51.2 Å². The highest BCUT2D eigenvalue weighted by Gasteiger charge is 2.31. The van der Waals surface area contributed by atoms with Crippen molar-refractivity contribution in [2.75, 3.05) is 0 Å². The van der Waals surface area contributed by atoms with E-state index in [1.54, 1.807) is 44.2 Å². The summed E-state index contributed by atoms with van der Waals surface area (Å²) in [5, 5.41) is 0. The van der Waals surface area contributed by atoms with E-state index in [9.17, 15) is 14.4 Å². The van der Waals surface area contributed by atoms with Crippen molar-refractivity contribution < 1.29 is 14.4 Å². The van der Waals surface area contributed by atoms with Gasteiger partial charge in [-0.1, -0.05) is 44.2 Å². The summed E-state index contributed by atoms with van der Waals surface area (Å²) >= 11 is 0. The highest BCUT2D eigenvalue weighted by atomic mass is 16.2. The molecule has 0 bridgehead atoms. The Morgan fingerprint density at radius 3 is 1.82 bits per heavy atom. The zero-order valence-electron chi connectivity index (χ0n) is 10.1. The molecule has 0 aromatic heterocycles. The van der Waals surface area contributed by atoms with Gasteiger partial charge in [-0.15, -0.1) is 0 Å². The first-order chi connectivity index (χ1) is 8.11. The molecule has 0 fully saturated rings. The zero-order valence-corrected chi connectivity index (χ0v) is 10.1.